The molecule has 2 heterocycles. The molecule has 1 saturated heterocycles. The average Bonchev–Trinajstić information content (AvgIpc) is 3.20. The summed E-state index contributed by atoms with van der Waals surface area (Å²) >= 11 is 0. The fraction of sp³-hybridized carbons (Fsp3) is 0.435. The first-order valence-electron chi connectivity index (χ1n) is 10.2. The molecule has 5 nitrogen and oxygen atoms in total. The van der Waals surface area contributed by atoms with E-state index in [1.807, 2.05) is 18.2 Å². The standard InChI is InChI=1S/C23H28N2O3/c26-23(11-9-18-8-10-21-22(14-18)28-17-27-21)24-15-19-4-6-20(7-5-19)16-25-12-2-1-3-13-25/h4-8,10,14H,1-3,9,11-13,15-17H2,(H,24,26). The third-order valence-corrected chi connectivity index (χ3v) is 5.45. The quantitative estimate of drug-likeness (QED) is 0.797. The molecule has 0 unspecified atom stereocenters. The van der Waals surface area contributed by atoms with Gasteiger partial charge < -0.3 is 14.8 Å². The minimum Gasteiger partial charge on any atom is -0.454 e. The Bertz CT molecular complexity index is 798. The van der Waals surface area contributed by atoms with Crippen LogP contribution in [-0.2, 0) is 24.3 Å². The fourth-order valence-electron chi connectivity index (χ4n) is 3.78. The van der Waals surface area contributed by atoms with Crippen LogP contribution in [0.15, 0.2) is 42.5 Å². The van der Waals surface area contributed by atoms with Crippen molar-refractivity contribution in [2.24, 2.45) is 0 Å². The first-order chi connectivity index (χ1) is 13.8. The minimum absolute atomic E-state index is 0.0649. The van der Waals surface area contributed by atoms with Crippen LogP contribution in [0.4, 0.5) is 0 Å². The maximum atomic E-state index is 12.2. The van der Waals surface area contributed by atoms with Gasteiger partial charge in [-0.15, -0.1) is 0 Å². The number of hydrogen-bond donors (Lipinski definition) is 1. The van der Waals surface area contributed by atoms with Crippen molar-refractivity contribution in [1.82, 2.24) is 10.2 Å². The molecule has 0 radical (unpaired) electrons. The van der Waals surface area contributed by atoms with Gasteiger partial charge in [0, 0.05) is 19.5 Å². The largest absolute Gasteiger partial charge is 0.454 e. The van der Waals surface area contributed by atoms with E-state index in [0.717, 1.165) is 29.2 Å². The Morgan fingerprint density at radius 1 is 0.893 bits per heavy atom. The summed E-state index contributed by atoms with van der Waals surface area (Å²) in [6.07, 6.45) is 5.15. The number of aryl methyl sites for hydroxylation is 1. The van der Waals surface area contributed by atoms with Crippen LogP contribution in [0.2, 0.25) is 0 Å². The summed E-state index contributed by atoms with van der Waals surface area (Å²) in [7, 11) is 0. The number of carbonyl (C=O) groups is 1. The van der Waals surface area contributed by atoms with Gasteiger partial charge in [-0.3, -0.25) is 9.69 Å². The highest BCUT2D eigenvalue weighted by molar-refractivity contribution is 5.76. The molecule has 2 aromatic rings. The minimum atomic E-state index is 0.0649. The molecule has 2 aliphatic heterocycles. The highest BCUT2D eigenvalue weighted by Gasteiger charge is 2.14. The lowest BCUT2D eigenvalue weighted by atomic mass is 10.1. The van der Waals surface area contributed by atoms with Crippen LogP contribution >= 0.6 is 0 Å². The maximum absolute atomic E-state index is 12.2. The van der Waals surface area contributed by atoms with Crippen molar-refractivity contribution in [3.05, 3.63) is 59.2 Å². The smallest absolute Gasteiger partial charge is 0.231 e. The highest BCUT2D eigenvalue weighted by atomic mass is 16.7. The van der Waals surface area contributed by atoms with E-state index in [0.29, 0.717) is 19.4 Å². The first-order valence-corrected chi connectivity index (χ1v) is 10.2. The maximum Gasteiger partial charge on any atom is 0.231 e. The van der Waals surface area contributed by atoms with Gasteiger partial charge in [-0.1, -0.05) is 36.8 Å². The van der Waals surface area contributed by atoms with Gasteiger partial charge in [0.2, 0.25) is 12.7 Å². The van der Waals surface area contributed by atoms with Crippen molar-refractivity contribution < 1.29 is 14.3 Å². The van der Waals surface area contributed by atoms with Gasteiger partial charge in [-0.2, -0.15) is 0 Å². The zero-order valence-electron chi connectivity index (χ0n) is 16.3. The van der Waals surface area contributed by atoms with Crippen LogP contribution in [0, 0.1) is 0 Å². The molecule has 2 aromatic carbocycles. The predicted molar refractivity (Wildman–Crippen MR) is 108 cm³/mol. The Labute approximate surface area is 166 Å². The van der Waals surface area contributed by atoms with Gasteiger partial charge in [-0.05, 0) is 61.2 Å². The molecule has 0 saturated carbocycles. The lowest BCUT2D eigenvalue weighted by Crippen LogP contribution is -2.29. The summed E-state index contributed by atoms with van der Waals surface area (Å²) in [5.74, 6) is 1.61. The second kappa shape index (κ2) is 9.11. The molecule has 1 N–H and O–H groups in total. The van der Waals surface area contributed by atoms with Crippen molar-refractivity contribution in [3.8, 4) is 11.5 Å². The molecule has 0 bridgehead atoms. The number of likely N-dealkylation sites (tertiary alicyclic amines) is 1. The first kappa shape index (κ1) is 18.8. The molecule has 0 aromatic heterocycles. The Hall–Kier alpha value is -2.53. The van der Waals surface area contributed by atoms with E-state index in [1.165, 1.54) is 37.9 Å². The van der Waals surface area contributed by atoms with E-state index in [4.69, 9.17) is 9.47 Å². The molecule has 1 fully saturated rings. The Kier molecular flexibility index (Phi) is 6.12. The van der Waals surface area contributed by atoms with Crippen LogP contribution in [0.1, 0.15) is 42.4 Å². The number of rotatable bonds is 7. The predicted octanol–water partition coefficient (Wildman–Crippen LogP) is 3.65. The molecule has 0 atom stereocenters. The summed E-state index contributed by atoms with van der Waals surface area (Å²) in [6.45, 7) is 4.30. The molecular weight excluding hydrogens is 352 g/mol. The number of amides is 1. The number of benzene rings is 2. The summed E-state index contributed by atoms with van der Waals surface area (Å²) in [5, 5.41) is 3.02. The van der Waals surface area contributed by atoms with E-state index >= 15 is 0 Å². The Morgan fingerprint density at radius 2 is 1.61 bits per heavy atom. The van der Waals surface area contributed by atoms with Crippen molar-refractivity contribution in [2.45, 2.75) is 45.2 Å². The van der Waals surface area contributed by atoms with Crippen molar-refractivity contribution in [3.63, 3.8) is 0 Å². The van der Waals surface area contributed by atoms with Crippen molar-refractivity contribution in [2.75, 3.05) is 19.9 Å². The number of fused-ring (bicyclic) bond motifs is 1. The average molecular weight is 380 g/mol. The molecular formula is C23H28N2O3. The molecule has 28 heavy (non-hydrogen) atoms. The van der Waals surface area contributed by atoms with E-state index in [-0.39, 0.29) is 12.7 Å². The summed E-state index contributed by atoms with van der Waals surface area (Å²) in [6, 6.07) is 14.5. The van der Waals surface area contributed by atoms with Crippen molar-refractivity contribution >= 4 is 5.91 Å². The van der Waals surface area contributed by atoms with Crippen molar-refractivity contribution in [1.29, 1.82) is 0 Å². The topological polar surface area (TPSA) is 50.8 Å². The zero-order valence-corrected chi connectivity index (χ0v) is 16.3. The summed E-state index contributed by atoms with van der Waals surface area (Å²) in [5.41, 5.74) is 3.57. The van der Waals surface area contributed by atoms with Crippen LogP contribution in [0.3, 0.4) is 0 Å². The molecule has 2 aliphatic rings. The van der Waals surface area contributed by atoms with Gasteiger partial charge in [0.25, 0.3) is 0 Å². The lowest BCUT2D eigenvalue weighted by Gasteiger charge is -2.26. The van der Waals surface area contributed by atoms with E-state index in [9.17, 15) is 4.79 Å². The van der Waals surface area contributed by atoms with E-state index in [2.05, 4.69) is 34.5 Å². The SMILES string of the molecule is O=C(CCc1ccc2c(c1)OCO2)NCc1ccc(CN2CCCCC2)cc1. The monoisotopic (exact) mass is 380 g/mol. The second-order valence-electron chi connectivity index (χ2n) is 7.62. The van der Waals surface area contributed by atoms with Gasteiger partial charge >= 0.3 is 0 Å². The Balaban J connectivity index is 1.20. The number of ether oxygens (including phenoxy) is 2. The molecule has 1 amide bonds. The van der Waals surface area contributed by atoms with Crippen LogP contribution in [0.25, 0.3) is 0 Å². The van der Waals surface area contributed by atoms with Gasteiger partial charge in [-0.25, -0.2) is 0 Å². The van der Waals surface area contributed by atoms with Crippen LogP contribution in [0.5, 0.6) is 11.5 Å². The lowest BCUT2D eigenvalue weighted by molar-refractivity contribution is -0.121. The van der Waals surface area contributed by atoms with E-state index < -0.39 is 0 Å². The number of nitrogens with one attached hydrogen (secondary N) is 1. The number of nitrogens with zero attached hydrogens (tertiary/aromatic N) is 1. The third kappa shape index (κ3) is 5.04. The Morgan fingerprint density at radius 3 is 2.43 bits per heavy atom. The zero-order chi connectivity index (χ0) is 19.2. The van der Waals surface area contributed by atoms with E-state index in [1.54, 1.807) is 0 Å². The summed E-state index contributed by atoms with van der Waals surface area (Å²) in [4.78, 5) is 14.7. The molecule has 0 spiro atoms. The van der Waals surface area contributed by atoms with Gasteiger partial charge in [0.15, 0.2) is 11.5 Å². The third-order valence-electron chi connectivity index (χ3n) is 5.45. The number of carbonyl (C=O) groups excluding carboxylic acids is 1. The molecule has 4 rings (SSSR count). The second-order valence-corrected chi connectivity index (χ2v) is 7.62. The highest BCUT2D eigenvalue weighted by Crippen LogP contribution is 2.32. The summed E-state index contributed by atoms with van der Waals surface area (Å²) < 4.78 is 10.7. The van der Waals surface area contributed by atoms with Crippen LogP contribution < -0.4 is 14.8 Å². The number of hydrogen-bond acceptors (Lipinski definition) is 4. The van der Waals surface area contributed by atoms with Crippen LogP contribution in [-0.4, -0.2) is 30.7 Å². The molecule has 0 aliphatic carbocycles. The van der Waals surface area contributed by atoms with Gasteiger partial charge in [0.1, 0.15) is 0 Å². The number of piperidine rings is 1. The normalized spacial score (nSPS) is 16.1. The molecule has 148 valence electrons. The molecule has 5 heteroatoms. The fourth-order valence-corrected chi connectivity index (χ4v) is 3.78. The van der Waals surface area contributed by atoms with Gasteiger partial charge in [0.05, 0.1) is 0 Å².